The van der Waals surface area contributed by atoms with Crippen LogP contribution < -0.4 is 4.74 Å². The Hall–Kier alpha value is -2.58. The van der Waals surface area contributed by atoms with Gasteiger partial charge in [0.2, 0.25) is 0 Å². The van der Waals surface area contributed by atoms with Crippen LogP contribution in [0.15, 0.2) is 59.9 Å². The van der Waals surface area contributed by atoms with Crippen LogP contribution in [0.25, 0.3) is 10.9 Å². The lowest BCUT2D eigenvalue weighted by molar-refractivity contribution is 0.344. The van der Waals surface area contributed by atoms with Crippen LogP contribution in [0.2, 0.25) is 0 Å². The Kier molecular flexibility index (Phi) is 4.52. The molecule has 0 saturated heterocycles. The monoisotopic (exact) mass is 307 g/mol. The van der Waals surface area contributed by atoms with Gasteiger partial charge in [-0.2, -0.15) is 5.26 Å². The van der Waals surface area contributed by atoms with Crippen molar-refractivity contribution < 1.29 is 4.74 Å². The number of ether oxygens (including phenoxy) is 1. The molecule has 0 unspecified atom stereocenters. The third kappa shape index (κ3) is 3.35. The molecule has 0 amide bonds. The summed E-state index contributed by atoms with van der Waals surface area (Å²) in [6.45, 7) is 0.553. The highest BCUT2D eigenvalue weighted by Crippen LogP contribution is 2.24. The number of hydrogen-bond acceptors (Lipinski definition) is 5. The zero-order chi connectivity index (χ0) is 15.2. The second kappa shape index (κ2) is 6.92. The maximum atomic E-state index is 8.86. The van der Waals surface area contributed by atoms with E-state index in [-0.39, 0.29) is 0 Å². The van der Waals surface area contributed by atoms with Crippen molar-refractivity contribution in [1.29, 1.82) is 5.26 Å². The van der Waals surface area contributed by atoms with E-state index in [9.17, 15) is 0 Å². The summed E-state index contributed by atoms with van der Waals surface area (Å²) in [5.41, 5.74) is 1.55. The number of nitriles is 1. The Balaban J connectivity index is 1.60. The second-order valence-electron chi connectivity index (χ2n) is 4.53. The number of rotatable bonds is 5. The first-order valence-corrected chi connectivity index (χ1v) is 7.81. The van der Waals surface area contributed by atoms with Gasteiger partial charge in [0, 0.05) is 11.1 Å². The summed E-state index contributed by atoms with van der Waals surface area (Å²) in [6.07, 6.45) is 1.59. The molecule has 0 radical (unpaired) electrons. The minimum atomic E-state index is 0.553. The summed E-state index contributed by atoms with van der Waals surface area (Å²) in [4.78, 5) is 8.58. The zero-order valence-electron chi connectivity index (χ0n) is 11.8. The van der Waals surface area contributed by atoms with Crippen LogP contribution in [-0.4, -0.2) is 22.3 Å². The van der Waals surface area contributed by atoms with Gasteiger partial charge in [-0.25, -0.2) is 9.97 Å². The molecule has 0 aliphatic heterocycles. The predicted octanol–water partition coefficient (Wildman–Crippen LogP) is 3.67. The fraction of sp³-hybridized carbons (Fsp3) is 0.118. The summed E-state index contributed by atoms with van der Waals surface area (Å²) in [5, 5.41) is 10.9. The molecule has 3 rings (SSSR count). The van der Waals surface area contributed by atoms with E-state index in [2.05, 4.69) is 16.0 Å². The summed E-state index contributed by atoms with van der Waals surface area (Å²) < 4.78 is 5.67. The van der Waals surface area contributed by atoms with Gasteiger partial charge in [-0.1, -0.05) is 24.3 Å². The van der Waals surface area contributed by atoms with Gasteiger partial charge in [0.1, 0.15) is 17.1 Å². The molecular weight excluding hydrogens is 294 g/mol. The average Bonchev–Trinajstić information content (AvgIpc) is 2.59. The molecule has 2 aromatic carbocycles. The van der Waals surface area contributed by atoms with Gasteiger partial charge in [-0.3, -0.25) is 0 Å². The third-order valence-corrected chi connectivity index (χ3v) is 4.03. The van der Waals surface area contributed by atoms with Gasteiger partial charge < -0.3 is 4.74 Å². The Morgan fingerprint density at radius 1 is 1.09 bits per heavy atom. The largest absolute Gasteiger partial charge is 0.493 e. The number of para-hydroxylation sites is 1. The highest BCUT2D eigenvalue weighted by atomic mass is 32.2. The number of hydrogen-bond donors (Lipinski definition) is 0. The summed E-state index contributed by atoms with van der Waals surface area (Å²) >= 11 is 1.64. The number of thioether (sulfide) groups is 1. The molecule has 0 saturated carbocycles. The molecule has 22 heavy (non-hydrogen) atoms. The van der Waals surface area contributed by atoms with Crippen molar-refractivity contribution in [3.8, 4) is 11.8 Å². The quantitative estimate of drug-likeness (QED) is 0.409. The first-order chi connectivity index (χ1) is 10.9. The first-order valence-electron chi connectivity index (χ1n) is 6.82. The fourth-order valence-corrected chi connectivity index (χ4v) is 2.86. The normalized spacial score (nSPS) is 10.3. The minimum absolute atomic E-state index is 0.553. The first kappa shape index (κ1) is 14.4. The number of aromatic nitrogens is 2. The Bertz CT molecular complexity index is 824. The number of fused-ring (bicyclic) bond motifs is 1. The lowest BCUT2D eigenvalue weighted by Gasteiger charge is -2.07. The van der Waals surface area contributed by atoms with Crippen molar-refractivity contribution in [2.24, 2.45) is 0 Å². The molecule has 1 heterocycles. The number of benzene rings is 2. The van der Waals surface area contributed by atoms with Gasteiger partial charge in [0.25, 0.3) is 0 Å². The van der Waals surface area contributed by atoms with E-state index in [1.807, 2.05) is 36.4 Å². The fourth-order valence-electron chi connectivity index (χ4n) is 2.05. The molecule has 3 aromatic rings. The van der Waals surface area contributed by atoms with Gasteiger partial charge in [0.15, 0.2) is 0 Å². The van der Waals surface area contributed by atoms with E-state index in [0.717, 1.165) is 21.7 Å². The van der Waals surface area contributed by atoms with E-state index in [4.69, 9.17) is 10.00 Å². The van der Waals surface area contributed by atoms with Crippen LogP contribution in [0.1, 0.15) is 5.56 Å². The SMILES string of the molecule is N#Cc1cccc(OCCSc2ncnc3ccccc23)c1. The highest BCUT2D eigenvalue weighted by molar-refractivity contribution is 7.99. The van der Waals surface area contributed by atoms with Gasteiger partial charge in [-0.05, 0) is 24.3 Å². The topological polar surface area (TPSA) is 58.8 Å². The van der Waals surface area contributed by atoms with E-state index >= 15 is 0 Å². The van der Waals surface area contributed by atoms with Crippen molar-refractivity contribution in [1.82, 2.24) is 9.97 Å². The maximum Gasteiger partial charge on any atom is 0.120 e. The van der Waals surface area contributed by atoms with E-state index in [1.54, 1.807) is 30.2 Å². The van der Waals surface area contributed by atoms with Crippen LogP contribution in [0.5, 0.6) is 5.75 Å². The lowest BCUT2D eigenvalue weighted by Crippen LogP contribution is -2.00. The molecule has 4 nitrogen and oxygen atoms in total. The maximum absolute atomic E-state index is 8.86. The summed E-state index contributed by atoms with van der Waals surface area (Å²) in [5.74, 6) is 1.49. The molecule has 0 N–H and O–H groups in total. The Morgan fingerprint density at radius 3 is 2.91 bits per heavy atom. The Morgan fingerprint density at radius 2 is 2.00 bits per heavy atom. The molecule has 108 valence electrons. The van der Waals surface area contributed by atoms with Crippen molar-refractivity contribution in [3.05, 3.63) is 60.4 Å². The lowest BCUT2D eigenvalue weighted by atomic mass is 10.2. The van der Waals surface area contributed by atoms with Crippen LogP contribution in [0.3, 0.4) is 0 Å². The smallest absolute Gasteiger partial charge is 0.120 e. The molecule has 0 spiro atoms. The van der Waals surface area contributed by atoms with Crippen molar-refractivity contribution >= 4 is 22.7 Å². The van der Waals surface area contributed by atoms with Crippen LogP contribution in [0, 0.1) is 11.3 Å². The molecule has 0 aliphatic rings. The molecule has 0 atom stereocenters. The molecular formula is C17H13N3OS. The van der Waals surface area contributed by atoms with Gasteiger partial charge in [0.05, 0.1) is 23.8 Å². The minimum Gasteiger partial charge on any atom is -0.493 e. The van der Waals surface area contributed by atoms with Crippen molar-refractivity contribution in [3.63, 3.8) is 0 Å². The van der Waals surface area contributed by atoms with Crippen LogP contribution >= 0.6 is 11.8 Å². The van der Waals surface area contributed by atoms with Crippen molar-refractivity contribution in [2.45, 2.75) is 5.03 Å². The molecule has 1 aromatic heterocycles. The summed E-state index contributed by atoms with van der Waals surface area (Å²) in [7, 11) is 0. The standard InChI is InChI=1S/C17H13N3OS/c18-11-13-4-3-5-14(10-13)21-8-9-22-17-15-6-1-2-7-16(15)19-12-20-17/h1-7,10,12H,8-9H2. The van der Waals surface area contributed by atoms with Crippen molar-refractivity contribution in [2.75, 3.05) is 12.4 Å². The van der Waals surface area contributed by atoms with Gasteiger partial charge in [-0.15, -0.1) is 11.8 Å². The molecule has 0 aliphatic carbocycles. The molecule has 0 fully saturated rings. The van der Waals surface area contributed by atoms with Gasteiger partial charge >= 0.3 is 0 Å². The third-order valence-electron chi connectivity index (χ3n) is 3.06. The van der Waals surface area contributed by atoms with Crippen LogP contribution in [-0.2, 0) is 0 Å². The zero-order valence-corrected chi connectivity index (χ0v) is 12.6. The molecule has 5 heteroatoms. The highest BCUT2D eigenvalue weighted by Gasteiger charge is 2.03. The predicted molar refractivity (Wildman–Crippen MR) is 86.9 cm³/mol. The second-order valence-corrected chi connectivity index (χ2v) is 5.62. The van der Waals surface area contributed by atoms with E-state index < -0.39 is 0 Å². The molecule has 0 bridgehead atoms. The van der Waals surface area contributed by atoms with E-state index in [1.165, 1.54) is 0 Å². The average molecular weight is 307 g/mol. The summed E-state index contributed by atoms with van der Waals surface area (Å²) in [6, 6.07) is 17.2. The van der Waals surface area contributed by atoms with E-state index in [0.29, 0.717) is 17.9 Å². The van der Waals surface area contributed by atoms with Crippen LogP contribution in [0.4, 0.5) is 0 Å². The Labute approximate surface area is 132 Å². The number of nitrogens with zero attached hydrogens (tertiary/aromatic N) is 3.